The lowest BCUT2D eigenvalue weighted by Crippen LogP contribution is -2.57. The lowest BCUT2D eigenvalue weighted by Gasteiger charge is -2.37. The summed E-state index contributed by atoms with van der Waals surface area (Å²) in [6, 6.07) is 1.95. The van der Waals surface area contributed by atoms with Crippen molar-refractivity contribution in [3.05, 3.63) is 38.9 Å². The van der Waals surface area contributed by atoms with Crippen molar-refractivity contribution in [2.45, 2.75) is 50.7 Å². The SMILES string of the molecule is CN1CCCc2nc(C(=O)N[C@@H]3C[C@@H](C(=O)N(C)C)CC[C@H]3NC(=O)C(=O)Nc3ccc(Cl)cn3)sc2C1.Cl. The van der Waals surface area contributed by atoms with E-state index in [2.05, 4.69) is 30.8 Å². The Morgan fingerprint density at radius 1 is 1.10 bits per heavy atom. The quantitative estimate of drug-likeness (QED) is 0.449. The standard InChI is InChI=1S/C25H32ClN7O4S.ClH/c1-32(2)25(37)14-6-8-16(28-21(34)22(35)31-20-9-7-15(26)12-27-20)18(11-14)29-23(36)24-30-17-5-4-10-33(3)13-19(17)38-24;/h7,9,12,14,16,18H,4-6,8,10-11,13H2,1-3H3,(H,28,34)(H,29,36)(H,27,31,35);1H/t14-,16+,18+;/m0./s1. The van der Waals surface area contributed by atoms with E-state index in [1.807, 2.05) is 7.05 Å². The third kappa shape index (κ3) is 7.87. The molecule has 3 N–H and O–H groups in total. The first kappa shape index (κ1) is 30.7. The maximum absolute atomic E-state index is 13.3. The Morgan fingerprint density at radius 2 is 1.87 bits per heavy atom. The van der Waals surface area contributed by atoms with E-state index >= 15 is 0 Å². The Balaban J connectivity index is 0.00000420. The van der Waals surface area contributed by atoms with E-state index in [1.165, 1.54) is 28.5 Å². The summed E-state index contributed by atoms with van der Waals surface area (Å²) in [6.07, 6.45) is 4.44. The van der Waals surface area contributed by atoms with Crippen LogP contribution in [0.2, 0.25) is 5.02 Å². The van der Waals surface area contributed by atoms with Crippen molar-refractivity contribution in [2.24, 2.45) is 5.92 Å². The molecule has 1 aliphatic carbocycles. The van der Waals surface area contributed by atoms with E-state index in [-0.39, 0.29) is 36.0 Å². The van der Waals surface area contributed by atoms with Crippen LogP contribution >= 0.6 is 35.3 Å². The molecule has 2 aliphatic rings. The second-order valence-electron chi connectivity index (χ2n) is 9.95. The normalized spacial score (nSPS) is 21.0. The number of halogens is 2. The van der Waals surface area contributed by atoms with E-state index in [9.17, 15) is 19.2 Å². The predicted octanol–water partition coefficient (Wildman–Crippen LogP) is 2.10. The molecule has 0 radical (unpaired) electrons. The number of carbonyl (C=O) groups excluding carboxylic acids is 4. The molecule has 4 rings (SSSR count). The fourth-order valence-electron chi connectivity index (χ4n) is 4.82. The summed E-state index contributed by atoms with van der Waals surface area (Å²) < 4.78 is 0. The van der Waals surface area contributed by atoms with Gasteiger partial charge in [0.15, 0.2) is 5.01 Å². The maximum Gasteiger partial charge on any atom is 0.314 e. The molecule has 1 fully saturated rings. The van der Waals surface area contributed by atoms with Gasteiger partial charge in [-0.2, -0.15) is 0 Å². The third-order valence-electron chi connectivity index (χ3n) is 6.79. The zero-order chi connectivity index (χ0) is 27.4. The van der Waals surface area contributed by atoms with Gasteiger partial charge in [-0.3, -0.25) is 19.2 Å². The molecule has 14 heteroatoms. The number of anilines is 1. The highest BCUT2D eigenvalue weighted by atomic mass is 35.5. The van der Waals surface area contributed by atoms with Crippen LogP contribution in [0.1, 0.15) is 46.1 Å². The summed E-state index contributed by atoms with van der Waals surface area (Å²) in [5.74, 6) is -2.24. The van der Waals surface area contributed by atoms with Crippen molar-refractivity contribution in [1.82, 2.24) is 30.4 Å². The van der Waals surface area contributed by atoms with Crippen LogP contribution in [0.3, 0.4) is 0 Å². The highest BCUT2D eigenvalue weighted by molar-refractivity contribution is 7.13. The molecular weight excluding hydrogens is 565 g/mol. The molecule has 0 aromatic carbocycles. The van der Waals surface area contributed by atoms with Crippen LogP contribution in [-0.4, -0.2) is 83.2 Å². The van der Waals surface area contributed by atoms with Crippen LogP contribution in [0.15, 0.2) is 18.3 Å². The minimum Gasteiger partial charge on any atom is -0.349 e. The van der Waals surface area contributed by atoms with Gasteiger partial charge in [0.25, 0.3) is 5.91 Å². The molecule has 1 saturated carbocycles. The largest absolute Gasteiger partial charge is 0.349 e. The van der Waals surface area contributed by atoms with Crippen molar-refractivity contribution in [3.8, 4) is 0 Å². The molecule has 0 spiro atoms. The van der Waals surface area contributed by atoms with Crippen LogP contribution < -0.4 is 16.0 Å². The summed E-state index contributed by atoms with van der Waals surface area (Å²) in [4.78, 5) is 64.6. The van der Waals surface area contributed by atoms with Gasteiger partial charge in [0.2, 0.25) is 5.91 Å². The summed E-state index contributed by atoms with van der Waals surface area (Å²) in [5, 5.41) is 8.94. The number of amides is 4. The van der Waals surface area contributed by atoms with Crippen LogP contribution in [0.25, 0.3) is 0 Å². The molecule has 11 nitrogen and oxygen atoms in total. The molecule has 2 aromatic heterocycles. The van der Waals surface area contributed by atoms with Gasteiger partial charge in [-0.15, -0.1) is 23.7 Å². The molecule has 0 saturated heterocycles. The number of carbonyl (C=O) groups is 4. The third-order valence-corrected chi connectivity index (χ3v) is 8.09. The van der Waals surface area contributed by atoms with Crippen LogP contribution in [-0.2, 0) is 27.3 Å². The smallest absolute Gasteiger partial charge is 0.314 e. The highest BCUT2D eigenvalue weighted by Crippen LogP contribution is 2.28. The Morgan fingerprint density at radius 3 is 2.56 bits per heavy atom. The zero-order valence-corrected chi connectivity index (χ0v) is 24.4. The van der Waals surface area contributed by atoms with Gasteiger partial charge < -0.3 is 25.8 Å². The number of nitrogens with zero attached hydrogens (tertiary/aromatic N) is 4. The predicted molar refractivity (Wildman–Crippen MR) is 151 cm³/mol. The molecule has 2 aromatic rings. The number of rotatable bonds is 5. The fourth-order valence-corrected chi connectivity index (χ4v) is 6.02. The first-order chi connectivity index (χ1) is 18.1. The second-order valence-corrected chi connectivity index (χ2v) is 11.5. The minimum absolute atomic E-state index is 0. The Bertz CT molecular complexity index is 1210. The van der Waals surface area contributed by atoms with E-state index in [0.29, 0.717) is 29.3 Å². The van der Waals surface area contributed by atoms with Crippen molar-refractivity contribution in [1.29, 1.82) is 0 Å². The molecule has 0 unspecified atom stereocenters. The summed E-state index contributed by atoms with van der Waals surface area (Å²) in [7, 11) is 5.43. The number of hydrogen-bond acceptors (Lipinski definition) is 8. The van der Waals surface area contributed by atoms with Gasteiger partial charge >= 0.3 is 11.8 Å². The van der Waals surface area contributed by atoms with Gasteiger partial charge in [-0.05, 0) is 57.8 Å². The molecule has 212 valence electrons. The first-order valence-corrected chi connectivity index (χ1v) is 13.7. The van der Waals surface area contributed by atoms with E-state index in [4.69, 9.17) is 11.6 Å². The number of pyridine rings is 1. The molecule has 0 bridgehead atoms. The van der Waals surface area contributed by atoms with Gasteiger partial charge in [0, 0.05) is 43.7 Å². The average molecular weight is 599 g/mol. The molecule has 4 amide bonds. The van der Waals surface area contributed by atoms with Crippen molar-refractivity contribution < 1.29 is 19.2 Å². The minimum atomic E-state index is -0.885. The topological polar surface area (TPSA) is 137 Å². The highest BCUT2D eigenvalue weighted by Gasteiger charge is 2.37. The van der Waals surface area contributed by atoms with Gasteiger partial charge in [-0.25, -0.2) is 9.97 Å². The summed E-state index contributed by atoms with van der Waals surface area (Å²) >= 11 is 7.19. The van der Waals surface area contributed by atoms with Crippen molar-refractivity contribution in [2.75, 3.05) is 33.0 Å². The number of aromatic nitrogens is 2. The van der Waals surface area contributed by atoms with E-state index in [0.717, 1.165) is 36.5 Å². The van der Waals surface area contributed by atoms with Crippen molar-refractivity contribution in [3.63, 3.8) is 0 Å². The molecular formula is C25H33Cl2N7O4S. The first-order valence-electron chi connectivity index (χ1n) is 12.5. The Labute approximate surface area is 242 Å². The monoisotopic (exact) mass is 597 g/mol. The zero-order valence-electron chi connectivity index (χ0n) is 22.0. The molecule has 3 heterocycles. The number of fused-ring (bicyclic) bond motifs is 1. The lowest BCUT2D eigenvalue weighted by atomic mass is 9.81. The number of thiazole rings is 1. The summed E-state index contributed by atoms with van der Waals surface area (Å²) in [5.41, 5.74) is 0.950. The Kier molecular flexibility index (Phi) is 10.6. The van der Waals surface area contributed by atoms with Gasteiger partial charge in [0.05, 0.1) is 16.8 Å². The van der Waals surface area contributed by atoms with Crippen molar-refractivity contribution >= 4 is 64.8 Å². The molecule has 3 atom stereocenters. The number of nitrogens with one attached hydrogen (secondary N) is 3. The summed E-state index contributed by atoms with van der Waals surface area (Å²) in [6.45, 7) is 1.73. The number of hydrogen-bond donors (Lipinski definition) is 3. The molecule has 39 heavy (non-hydrogen) atoms. The van der Waals surface area contributed by atoms with Crippen LogP contribution in [0, 0.1) is 5.92 Å². The number of aryl methyl sites for hydroxylation is 1. The van der Waals surface area contributed by atoms with E-state index in [1.54, 1.807) is 20.2 Å². The van der Waals surface area contributed by atoms with Gasteiger partial charge in [0.1, 0.15) is 5.82 Å². The van der Waals surface area contributed by atoms with Crippen LogP contribution in [0.4, 0.5) is 5.82 Å². The lowest BCUT2D eigenvalue weighted by molar-refractivity contribution is -0.137. The Hall–Kier alpha value is -2.80. The van der Waals surface area contributed by atoms with E-state index < -0.39 is 23.9 Å². The van der Waals surface area contributed by atoms with Gasteiger partial charge in [-0.1, -0.05) is 11.6 Å². The van der Waals surface area contributed by atoms with Crippen LogP contribution in [0.5, 0.6) is 0 Å². The molecule has 1 aliphatic heterocycles. The maximum atomic E-state index is 13.3. The average Bonchev–Trinajstić information content (AvgIpc) is 3.19. The second kappa shape index (κ2) is 13.5. The fraction of sp³-hybridized carbons (Fsp3) is 0.520.